The van der Waals surface area contributed by atoms with Crippen molar-refractivity contribution in [3.05, 3.63) is 24.3 Å². The van der Waals surface area contributed by atoms with Crippen LogP contribution in [0.15, 0.2) is 24.3 Å². The number of rotatable bonds is 3. The first-order valence-electron chi connectivity index (χ1n) is 7.83. The van der Waals surface area contributed by atoms with Gasteiger partial charge in [-0.2, -0.15) is 0 Å². The summed E-state index contributed by atoms with van der Waals surface area (Å²) in [6, 6.07) is 7.95. The quantitative estimate of drug-likeness (QED) is 0.929. The number of urea groups is 1. The molecule has 8 heteroatoms. The second kappa shape index (κ2) is 5.96. The number of ether oxygens (including phenoxy) is 1. The number of amides is 2. The molecule has 1 saturated heterocycles. The van der Waals surface area contributed by atoms with E-state index in [1.54, 1.807) is 4.90 Å². The number of anilines is 1. The van der Waals surface area contributed by atoms with Crippen molar-refractivity contribution in [2.75, 3.05) is 31.6 Å². The molecular formula is C15H18N6O2. The molecule has 1 N–H and O–H groups in total. The van der Waals surface area contributed by atoms with Gasteiger partial charge in [-0.1, -0.05) is 0 Å². The van der Waals surface area contributed by atoms with E-state index in [9.17, 15) is 4.79 Å². The third-order valence-corrected chi connectivity index (χ3v) is 4.08. The number of carbonyl (C=O) groups excluding carboxylic acids is 1. The number of carbonyl (C=O) groups is 1. The Morgan fingerprint density at radius 2 is 1.91 bits per heavy atom. The molecule has 2 aliphatic rings. The van der Waals surface area contributed by atoms with E-state index in [4.69, 9.17) is 4.74 Å². The van der Waals surface area contributed by atoms with Crippen LogP contribution in [0.25, 0.3) is 11.4 Å². The molecule has 120 valence electrons. The lowest BCUT2D eigenvalue weighted by atomic mass is 10.2. The Kier molecular flexibility index (Phi) is 3.66. The van der Waals surface area contributed by atoms with E-state index in [-0.39, 0.29) is 6.03 Å². The molecule has 1 aromatic heterocycles. The van der Waals surface area contributed by atoms with E-state index in [2.05, 4.69) is 20.8 Å². The smallest absolute Gasteiger partial charge is 0.321 e. The topological polar surface area (TPSA) is 85.2 Å². The van der Waals surface area contributed by atoms with Crippen molar-refractivity contribution in [1.29, 1.82) is 0 Å². The van der Waals surface area contributed by atoms with Crippen LogP contribution < -0.4 is 5.32 Å². The third-order valence-electron chi connectivity index (χ3n) is 4.08. The van der Waals surface area contributed by atoms with Gasteiger partial charge >= 0.3 is 6.03 Å². The van der Waals surface area contributed by atoms with Crippen LogP contribution in [0.5, 0.6) is 0 Å². The lowest BCUT2D eigenvalue weighted by Crippen LogP contribution is -2.43. The molecule has 2 heterocycles. The molecule has 2 fully saturated rings. The van der Waals surface area contributed by atoms with Gasteiger partial charge in [0.1, 0.15) is 0 Å². The molecule has 23 heavy (non-hydrogen) atoms. The summed E-state index contributed by atoms with van der Waals surface area (Å²) in [6.07, 6.45) is 2.26. The summed E-state index contributed by atoms with van der Waals surface area (Å²) in [7, 11) is 0. The minimum atomic E-state index is -0.0936. The summed E-state index contributed by atoms with van der Waals surface area (Å²) in [5, 5.41) is 14.8. The van der Waals surface area contributed by atoms with E-state index in [1.165, 1.54) is 0 Å². The van der Waals surface area contributed by atoms with Crippen molar-refractivity contribution in [2.24, 2.45) is 0 Å². The van der Waals surface area contributed by atoms with Gasteiger partial charge in [-0.05, 0) is 47.5 Å². The highest BCUT2D eigenvalue weighted by Crippen LogP contribution is 2.36. The van der Waals surface area contributed by atoms with Crippen LogP contribution in [-0.2, 0) is 4.74 Å². The Hall–Kier alpha value is -2.48. The van der Waals surface area contributed by atoms with Gasteiger partial charge in [-0.15, -0.1) is 5.10 Å². The Morgan fingerprint density at radius 3 is 2.61 bits per heavy atom. The Labute approximate surface area is 133 Å². The fourth-order valence-electron chi connectivity index (χ4n) is 2.62. The summed E-state index contributed by atoms with van der Waals surface area (Å²) in [5.41, 5.74) is 1.71. The van der Waals surface area contributed by atoms with E-state index in [0.29, 0.717) is 32.3 Å². The van der Waals surface area contributed by atoms with Crippen molar-refractivity contribution < 1.29 is 9.53 Å². The number of morpholine rings is 1. The number of tetrazole rings is 1. The van der Waals surface area contributed by atoms with Crippen LogP contribution in [0.2, 0.25) is 0 Å². The van der Waals surface area contributed by atoms with Gasteiger partial charge in [0.2, 0.25) is 0 Å². The van der Waals surface area contributed by atoms with Crippen LogP contribution in [0.3, 0.4) is 0 Å². The minimum Gasteiger partial charge on any atom is -0.378 e. The maximum absolute atomic E-state index is 12.2. The van der Waals surface area contributed by atoms with Gasteiger partial charge < -0.3 is 15.0 Å². The first-order chi connectivity index (χ1) is 11.3. The lowest BCUT2D eigenvalue weighted by Gasteiger charge is -2.26. The second-order valence-electron chi connectivity index (χ2n) is 5.79. The zero-order valence-corrected chi connectivity index (χ0v) is 12.7. The van der Waals surface area contributed by atoms with Gasteiger partial charge in [0.05, 0.1) is 19.3 Å². The highest BCUT2D eigenvalue weighted by atomic mass is 16.5. The zero-order chi connectivity index (χ0) is 15.6. The number of hydrogen-bond acceptors (Lipinski definition) is 5. The molecular weight excluding hydrogens is 296 g/mol. The molecule has 8 nitrogen and oxygen atoms in total. The minimum absolute atomic E-state index is 0.0936. The highest BCUT2D eigenvalue weighted by Gasteiger charge is 2.28. The van der Waals surface area contributed by atoms with Crippen molar-refractivity contribution >= 4 is 11.7 Å². The first kappa shape index (κ1) is 14.1. The predicted molar refractivity (Wildman–Crippen MR) is 82.9 cm³/mol. The second-order valence-corrected chi connectivity index (χ2v) is 5.79. The van der Waals surface area contributed by atoms with Crippen LogP contribution in [0.4, 0.5) is 10.5 Å². The molecule has 1 saturated carbocycles. The number of nitrogens with zero attached hydrogens (tertiary/aromatic N) is 5. The van der Waals surface area contributed by atoms with Gasteiger partial charge in [0.25, 0.3) is 0 Å². The average molecular weight is 314 g/mol. The largest absolute Gasteiger partial charge is 0.378 e. The molecule has 4 rings (SSSR count). The summed E-state index contributed by atoms with van der Waals surface area (Å²) in [4.78, 5) is 13.9. The third kappa shape index (κ3) is 3.02. The molecule has 2 aromatic rings. The summed E-state index contributed by atoms with van der Waals surface area (Å²) in [6.45, 7) is 2.44. The van der Waals surface area contributed by atoms with E-state index < -0.39 is 0 Å². The van der Waals surface area contributed by atoms with Crippen LogP contribution in [0, 0.1) is 0 Å². The standard InChI is InChI=1S/C15H18N6O2/c22-15(20-7-9-23-10-8-20)16-12-3-1-11(2-4-12)14-17-18-19-21(14)13-5-6-13/h1-4,13H,5-10H2,(H,16,22). The molecule has 0 atom stereocenters. The van der Waals surface area contributed by atoms with Crippen LogP contribution in [0.1, 0.15) is 18.9 Å². The molecule has 1 aliphatic carbocycles. The molecule has 0 unspecified atom stereocenters. The average Bonchev–Trinajstić information content (AvgIpc) is 3.33. The molecule has 0 spiro atoms. The SMILES string of the molecule is O=C(Nc1ccc(-c2nnnn2C2CC2)cc1)N1CCOCC1. The summed E-state index contributed by atoms with van der Waals surface area (Å²) in [5.74, 6) is 0.776. The predicted octanol–water partition coefficient (Wildman–Crippen LogP) is 1.54. The van der Waals surface area contributed by atoms with Crippen molar-refractivity contribution in [3.63, 3.8) is 0 Å². The Bertz CT molecular complexity index is 688. The molecule has 0 radical (unpaired) electrons. The van der Waals surface area contributed by atoms with Crippen molar-refractivity contribution in [1.82, 2.24) is 25.1 Å². The molecule has 0 bridgehead atoms. The summed E-state index contributed by atoms with van der Waals surface area (Å²) >= 11 is 0. The fraction of sp³-hybridized carbons (Fsp3) is 0.467. The monoisotopic (exact) mass is 314 g/mol. The Morgan fingerprint density at radius 1 is 1.17 bits per heavy atom. The highest BCUT2D eigenvalue weighted by molar-refractivity contribution is 5.89. The van der Waals surface area contributed by atoms with Gasteiger partial charge in [0, 0.05) is 24.3 Å². The maximum Gasteiger partial charge on any atom is 0.321 e. The van der Waals surface area contributed by atoms with E-state index >= 15 is 0 Å². The van der Waals surface area contributed by atoms with Crippen LogP contribution >= 0.6 is 0 Å². The zero-order valence-electron chi connectivity index (χ0n) is 12.7. The fourth-order valence-corrected chi connectivity index (χ4v) is 2.62. The Balaban J connectivity index is 1.45. The van der Waals surface area contributed by atoms with Crippen molar-refractivity contribution in [3.8, 4) is 11.4 Å². The molecule has 1 aliphatic heterocycles. The van der Waals surface area contributed by atoms with E-state index in [0.717, 1.165) is 29.9 Å². The van der Waals surface area contributed by atoms with Crippen LogP contribution in [-0.4, -0.2) is 57.4 Å². The normalized spacial score (nSPS) is 18.0. The number of hydrogen-bond donors (Lipinski definition) is 1. The number of nitrogens with one attached hydrogen (secondary N) is 1. The molecule has 2 amide bonds. The van der Waals surface area contributed by atoms with E-state index in [1.807, 2.05) is 28.9 Å². The maximum atomic E-state index is 12.2. The lowest BCUT2D eigenvalue weighted by molar-refractivity contribution is 0.0564. The van der Waals surface area contributed by atoms with Gasteiger partial charge in [0.15, 0.2) is 5.82 Å². The number of benzene rings is 1. The molecule has 1 aromatic carbocycles. The van der Waals surface area contributed by atoms with Gasteiger partial charge in [-0.25, -0.2) is 9.48 Å². The van der Waals surface area contributed by atoms with Crippen molar-refractivity contribution in [2.45, 2.75) is 18.9 Å². The van der Waals surface area contributed by atoms with Gasteiger partial charge in [-0.3, -0.25) is 0 Å². The summed E-state index contributed by atoms with van der Waals surface area (Å²) < 4.78 is 7.13. The first-order valence-corrected chi connectivity index (χ1v) is 7.83. The number of aromatic nitrogens is 4.